The van der Waals surface area contributed by atoms with Crippen LogP contribution in [0.5, 0.6) is 0 Å². The molecule has 0 radical (unpaired) electrons. The molecule has 0 bridgehead atoms. The van der Waals surface area contributed by atoms with E-state index in [4.69, 9.17) is 0 Å². The number of hydrogen-bond donors (Lipinski definition) is 1. The van der Waals surface area contributed by atoms with Gasteiger partial charge in [0.1, 0.15) is 0 Å². The Morgan fingerprint density at radius 3 is 2.09 bits per heavy atom. The molecule has 0 fully saturated rings. The fourth-order valence-corrected chi connectivity index (χ4v) is 2.86. The average Bonchev–Trinajstić information content (AvgIpc) is 2.45. The summed E-state index contributed by atoms with van der Waals surface area (Å²) in [5, 5.41) is 3.05. The minimum absolute atomic E-state index is 0.0228. The molecule has 0 saturated heterocycles. The fraction of sp³-hybridized carbons (Fsp3) is 0.350. The summed E-state index contributed by atoms with van der Waals surface area (Å²) in [5.74, 6) is 0.0228. The van der Waals surface area contributed by atoms with Crippen LogP contribution in [0.1, 0.15) is 27.8 Å². The van der Waals surface area contributed by atoms with Crippen LogP contribution in [0.4, 0.5) is 5.69 Å². The van der Waals surface area contributed by atoms with Crippen LogP contribution >= 0.6 is 0 Å². The van der Waals surface area contributed by atoms with E-state index in [9.17, 15) is 4.79 Å². The summed E-state index contributed by atoms with van der Waals surface area (Å²) in [6.45, 7) is 9.35. The predicted octanol–water partition coefficient (Wildman–Crippen LogP) is 3.99. The number of carbonyl (C=O) groups is 1. The number of nitrogens with zero attached hydrogens (tertiary/aromatic N) is 1. The first-order valence-electron chi connectivity index (χ1n) is 7.97. The Morgan fingerprint density at radius 1 is 0.957 bits per heavy atom. The van der Waals surface area contributed by atoms with Crippen LogP contribution in [0.2, 0.25) is 0 Å². The molecule has 1 N–H and O–H groups in total. The van der Waals surface area contributed by atoms with Crippen molar-refractivity contribution in [2.45, 2.75) is 34.2 Å². The smallest absolute Gasteiger partial charge is 0.238 e. The van der Waals surface area contributed by atoms with Crippen molar-refractivity contribution >= 4 is 11.6 Å². The summed E-state index contributed by atoms with van der Waals surface area (Å²) < 4.78 is 0. The summed E-state index contributed by atoms with van der Waals surface area (Å²) in [4.78, 5) is 14.3. The lowest BCUT2D eigenvalue weighted by molar-refractivity contribution is -0.117. The first kappa shape index (κ1) is 17.2. The molecule has 3 nitrogen and oxygen atoms in total. The largest absolute Gasteiger partial charge is 0.324 e. The zero-order valence-corrected chi connectivity index (χ0v) is 14.7. The minimum atomic E-state index is 0.0228. The van der Waals surface area contributed by atoms with Gasteiger partial charge in [-0.3, -0.25) is 9.69 Å². The Hall–Kier alpha value is -2.13. The van der Waals surface area contributed by atoms with Crippen LogP contribution in [-0.4, -0.2) is 24.4 Å². The molecule has 0 aromatic heterocycles. The van der Waals surface area contributed by atoms with Gasteiger partial charge in [0.15, 0.2) is 0 Å². The van der Waals surface area contributed by atoms with E-state index < -0.39 is 0 Å². The summed E-state index contributed by atoms with van der Waals surface area (Å²) in [6.07, 6.45) is 0. The SMILES string of the molecule is Cc1ccc(CN(C)CC(=O)Nc2c(C)cc(C)cc2C)cc1. The highest BCUT2D eigenvalue weighted by atomic mass is 16.2. The topological polar surface area (TPSA) is 32.3 Å². The van der Waals surface area contributed by atoms with Crippen LogP contribution in [0.25, 0.3) is 0 Å². The van der Waals surface area contributed by atoms with Crippen molar-refractivity contribution in [1.82, 2.24) is 4.90 Å². The van der Waals surface area contributed by atoms with Crippen LogP contribution in [0.3, 0.4) is 0 Å². The van der Waals surface area contributed by atoms with Crippen LogP contribution in [0, 0.1) is 27.7 Å². The number of hydrogen-bond acceptors (Lipinski definition) is 2. The standard InChI is InChI=1S/C20H26N2O/c1-14-6-8-18(9-7-14)12-22(5)13-19(23)21-20-16(3)10-15(2)11-17(20)4/h6-11H,12-13H2,1-5H3,(H,21,23). The maximum atomic E-state index is 12.3. The van der Waals surface area contributed by atoms with Crippen molar-refractivity contribution in [1.29, 1.82) is 0 Å². The van der Waals surface area contributed by atoms with Gasteiger partial charge in [-0.25, -0.2) is 0 Å². The predicted molar refractivity (Wildman–Crippen MR) is 96.8 cm³/mol. The van der Waals surface area contributed by atoms with Gasteiger partial charge in [-0.2, -0.15) is 0 Å². The van der Waals surface area contributed by atoms with Gasteiger partial charge in [0.25, 0.3) is 0 Å². The third kappa shape index (κ3) is 4.93. The molecule has 0 aliphatic carbocycles. The summed E-state index contributed by atoms with van der Waals surface area (Å²) in [6, 6.07) is 12.6. The number of likely N-dealkylation sites (N-methyl/N-ethyl adjacent to an activating group) is 1. The quantitative estimate of drug-likeness (QED) is 0.905. The molecule has 2 rings (SSSR count). The average molecular weight is 310 g/mol. The van der Waals surface area contributed by atoms with E-state index in [1.54, 1.807) is 0 Å². The molecule has 0 spiro atoms. The maximum Gasteiger partial charge on any atom is 0.238 e. The second kappa shape index (κ2) is 7.42. The van der Waals surface area contributed by atoms with Gasteiger partial charge < -0.3 is 5.32 Å². The Kier molecular flexibility index (Phi) is 5.56. The molecule has 0 aliphatic rings. The van der Waals surface area contributed by atoms with Gasteiger partial charge in [0.2, 0.25) is 5.91 Å². The van der Waals surface area contributed by atoms with Gasteiger partial charge in [0, 0.05) is 12.2 Å². The molecule has 0 unspecified atom stereocenters. The van der Waals surface area contributed by atoms with E-state index in [0.717, 1.165) is 23.4 Å². The highest BCUT2D eigenvalue weighted by Gasteiger charge is 2.11. The van der Waals surface area contributed by atoms with Gasteiger partial charge in [-0.15, -0.1) is 0 Å². The molecule has 23 heavy (non-hydrogen) atoms. The van der Waals surface area contributed by atoms with Crippen molar-refractivity contribution in [2.75, 3.05) is 18.9 Å². The third-order valence-electron chi connectivity index (χ3n) is 3.93. The van der Waals surface area contributed by atoms with E-state index in [1.165, 1.54) is 16.7 Å². The number of aryl methyl sites for hydroxylation is 4. The van der Waals surface area contributed by atoms with Gasteiger partial charge >= 0.3 is 0 Å². The van der Waals surface area contributed by atoms with Crippen molar-refractivity contribution in [3.63, 3.8) is 0 Å². The van der Waals surface area contributed by atoms with Gasteiger partial charge in [-0.05, 0) is 51.4 Å². The monoisotopic (exact) mass is 310 g/mol. The van der Waals surface area contributed by atoms with Crippen LogP contribution < -0.4 is 5.32 Å². The molecule has 0 aliphatic heterocycles. The Balaban J connectivity index is 1.95. The molecule has 0 heterocycles. The Labute approximate surface area is 139 Å². The fourth-order valence-electron chi connectivity index (χ4n) is 2.86. The molecular formula is C20H26N2O. The van der Waals surface area contributed by atoms with E-state index >= 15 is 0 Å². The zero-order valence-electron chi connectivity index (χ0n) is 14.7. The summed E-state index contributed by atoms with van der Waals surface area (Å²) in [5.41, 5.74) is 6.83. The molecular weight excluding hydrogens is 284 g/mol. The Bertz CT molecular complexity index is 666. The maximum absolute atomic E-state index is 12.3. The molecule has 122 valence electrons. The van der Waals surface area contributed by atoms with Crippen LogP contribution in [0.15, 0.2) is 36.4 Å². The molecule has 1 amide bonds. The van der Waals surface area contributed by atoms with E-state index in [2.05, 4.69) is 55.6 Å². The van der Waals surface area contributed by atoms with Crippen molar-refractivity contribution in [2.24, 2.45) is 0 Å². The highest BCUT2D eigenvalue weighted by Crippen LogP contribution is 2.21. The number of anilines is 1. The van der Waals surface area contributed by atoms with Gasteiger partial charge in [0.05, 0.1) is 6.54 Å². The normalized spacial score (nSPS) is 10.9. The molecule has 2 aromatic carbocycles. The lowest BCUT2D eigenvalue weighted by atomic mass is 10.1. The molecule has 0 atom stereocenters. The van der Waals surface area contributed by atoms with E-state index in [1.807, 2.05) is 25.8 Å². The van der Waals surface area contributed by atoms with Crippen molar-refractivity contribution < 1.29 is 4.79 Å². The number of carbonyl (C=O) groups excluding carboxylic acids is 1. The highest BCUT2D eigenvalue weighted by molar-refractivity contribution is 5.93. The molecule has 3 heteroatoms. The summed E-state index contributed by atoms with van der Waals surface area (Å²) >= 11 is 0. The number of benzene rings is 2. The first-order chi connectivity index (χ1) is 10.8. The molecule has 2 aromatic rings. The second-order valence-corrected chi connectivity index (χ2v) is 6.48. The van der Waals surface area contributed by atoms with Crippen molar-refractivity contribution in [3.8, 4) is 0 Å². The number of amides is 1. The van der Waals surface area contributed by atoms with Crippen molar-refractivity contribution in [3.05, 3.63) is 64.2 Å². The lowest BCUT2D eigenvalue weighted by Gasteiger charge is -2.18. The Morgan fingerprint density at radius 2 is 1.52 bits per heavy atom. The van der Waals surface area contributed by atoms with Gasteiger partial charge in [-0.1, -0.05) is 47.5 Å². The lowest BCUT2D eigenvalue weighted by Crippen LogP contribution is -2.30. The summed E-state index contributed by atoms with van der Waals surface area (Å²) in [7, 11) is 1.97. The van der Waals surface area contributed by atoms with Crippen LogP contribution in [-0.2, 0) is 11.3 Å². The van der Waals surface area contributed by atoms with E-state index in [0.29, 0.717) is 6.54 Å². The van der Waals surface area contributed by atoms with E-state index in [-0.39, 0.29) is 5.91 Å². The number of rotatable bonds is 5. The first-order valence-corrected chi connectivity index (χ1v) is 7.97. The zero-order chi connectivity index (χ0) is 17.0. The minimum Gasteiger partial charge on any atom is -0.324 e. The second-order valence-electron chi connectivity index (χ2n) is 6.48. The molecule has 0 saturated carbocycles. The number of nitrogens with one attached hydrogen (secondary N) is 1. The third-order valence-corrected chi connectivity index (χ3v) is 3.93.